The van der Waals surface area contributed by atoms with Crippen LogP contribution in [0, 0.1) is 0 Å². The summed E-state index contributed by atoms with van der Waals surface area (Å²) in [6.07, 6.45) is -5.07. The first-order valence-corrected chi connectivity index (χ1v) is 13.0. The lowest BCUT2D eigenvalue weighted by Crippen LogP contribution is -2.66. The van der Waals surface area contributed by atoms with Gasteiger partial charge in [0.15, 0.2) is 18.5 Å². The van der Waals surface area contributed by atoms with E-state index in [1.54, 1.807) is 0 Å². The molecule has 1 amide bonds. The van der Waals surface area contributed by atoms with Crippen molar-refractivity contribution < 1.29 is 38.4 Å². The van der Waals surface area contributed by atoms with E-state index in [1.807, 2.05) is 91.0 Å². The Morgan fingerprint density at radius 3 is 1.57 bits per heavy atom. The highest BCUT2D eigenvalue weighted by molar-refractivity contribution is 5.73. The topological polar surface area (TPSA) is 120 Å². The number of esters is 2. The summed E-state index contributed by atoms with van der Waals surface area (Å²) in [6.45, 7) is 3.47. The van der Waals surface area contributed by atoms with Crippen LogP contribution < -0.4 is 5.32 Å². The second-order valence-corrected chi connectivity index (χ2v) is 9.53. The molecule has 2 N–H and O–H groups in total. The summed E-state index contributed by atoms with van der Waals surface area (Å²) in [5.74, 6) is -1.83. The Balaban J connectivity index is 1.79. The third-order valence-electron chi connectivity index (χ3n) is 6.64. The second-order valence-electron chi connectivity index (χ2n) is 9.53. The Hall–Kier alpha value is -4.05. The van der Waals surface area contributed by atoms with E-state index in [2.05, 4.69) is 5.32 Å². The van der Waals surface area contributed by atoms with Crippen LogP contribution in [-0.4, -0.2) is 60.2 Å². The Morgan fingerprint density at radius 1 is 0.750 bits per heavy atom. The Bertz CT molecular complexity index is 1190. The SMILES string of the molecule is CC(=O)N[C@H]1[C@@H](OC(C)=O)[C@H](OC(C)=O)[C@@H](COC(c2ccccc2)(c2ccccc2)c2ccccc2)O[C@@H]1O. The van der Waals surface area contributed by atoms with Crippen LogP contribution in [0.15, 0.2) is 91.0 Å². The molecule has 0 aromatic heterocycles. The van der Waals surface area contributed by atoms with Crippen molar-refractivity contribution in [2.75, 3.05) is 6.61 Å². The van der Waals surface area contributed by atoms with Crippen LogP contribution in [-0.2, 0) is 38.9 Å². The van der Waals surface area contributed by atoms with E-state index in [0.29, 0.717) is 0 Å². The molecule has 0 radical (unpaired) electrons. The molecule has 0 unspecified atom stereocenters. The number of carbonyl (C=O) groups is 3. The molecule has 5 atom stereocenters. The first-order valence-electron chi connectivity index (χ1n) is 13.0. The Morgan fingerprint density at radius 2 is 1.18 bits per heavy atom. The number of hydrogen-bond donors (Lipinski definition) is 2. The molecule has 1 aliphatic rings. The van der Waals surface area contributed by atoms with Gasteiger partial charge in [-0.3, -0.25) is 14.4 Å². The predicted molar refractivity (Wildman–Crippen MR) is 145 cm³/mol. The average molecular weight is 548 g/mol. The highest BCUT2D eigenvalue weighted by Gasteiger charge is 2.51. The fourth-order valence-electron chi connectivity index (χ4n) is 5.08. The smallest absolute Gasteiger partial charge is 0.303 e. The van der Waals surface area contributed by atoms with Crippen molar-refractivity contribution in [2.45, 2.75) is 57.0 Å². The number of amides is 1. The van der Waals surface area contributed by atoms with E-state index in [4.69, 9.17) is 18.9 Å². The van der Waals surface area contributed by atoms with E-state index in [0.717, 1.165) is 16.7 Å². The summed E-state index contributed by atoms with van der Waals surface area (Å²) in [6, 6.07) is 27.8. The molecule has 1 saturated heterocycles. The summed E-state index contributed by atoms with van der Waals surface area (Å²) < 4.78 is 23.7. The lowest BCUT2D eigenvalue weighted by molar-refractivity contribution is -0.269. The van der Waals surface area contributed by atoms with Gasteiger partial charge in [-0.15, -0.1) is 0 Å². The minimum Gasteiger partial charge on any atom is -0.456 e. The van der Waals surface area contributed by atoms with E-state index in [9.17, 15) is 19.5 Å². The summed E-state index contributed by atoms with van der Waals surface area (Å²) >= 11 is 0. The minimum absolute atomic E-state index is 0.182. The summed E-state index contributed by atoms with van der Waals surface area (Å²) in [5.41, 5.74) is 1.38. The molecule has 0 aliphatic carbocycles. The number of ether oxygens (including phenoxy) is 4. The average Bonchev–Trinajstić information content (AvgIpc) is 2.94. The van der Waals surface area contributed by atoms with Crippen molar-refractivity contribution >= 4 is 17.8 Å². The number of hydrogen-bond acceptors (Lipinski definition) is 8. The molecule has 210 valence electrons. The molecule has 4 rings (SSSR count). The fraction of sp³-hybridized carbons (Fsp3) is 0.323. The van der Waals surface area contributed by atoms with E-state index in [-0.39, 0.29) is 6.61 Å². The number of aliphatic hydroxyl groups excluding tert-OH is 1. The van der Waals surface area contributed by atoms with Crippen LogP contribution in [0.1, 0.15) is 37.5 Å². The Kier molecular flexibility index (Phi) is 9.31. The van der Waals surface area contributed by atoms with E-state index in [1.165, 1.54) is 20.8 Å². The number of rotatable bonds is 9. The highest BCUT2D eigenvalue weighted by Crippen LogP contribution is 2.41. The van der Waals surface area contributed by atoms with Crippen LogP contribution in [0.25, 0.3) is 0 Å². The first kappa shape index (κ1) is 28.9. The molecule has 1 heterocycles. The third kappa shape index (κ3) is 6.39. The lowest BCUT2D eigenvalue weighted by Gasteiger charge is -2.45. The molecule has 1 aliphatic heterocycles. The van der Waals surface area contributed by atoms with Gasteiger partial charge in [-0.05, 0) is 16.7 Å². The third-order valence-corrected chi connectivity index (χ3v) is 6.64. The van der Waals surface area contributed by atoms with Gasteiger partial charge >= 0.3 is 11.9 Å². The van der Waals surface area contributed by atoms with E-state index < -0.39 is 54.1 Å². The monoisotopic (exact) mass is 547 g/mol. The van der Waals surface area contributed by atoms with Crippen molar-refractivity contribution in [2.24, 2.45) is 0 Å². The molecule has 1 fully saturated rings. The summed E-state index contributed by atoms with van der Waals surface area (Å²) in [4.78, 5) is 36.1. The highest BCUT2D eigenvalue weighted by atomic mass is 16.7. The predicted octanol–water partition coefficient (Wildman–Crippen LogP) is 3.08. The van der Waals surface area contributed by atoms with Gasteiger partial charge < -0.3 is 29.4 Å². The maximum atomic E-state index is 12.2. The van der Waals surface area contributed by atoms with Gasteiger partial charge in [-0.2, -0.15) is 0 Å². The zero-order valence-electron chi connectivity index (χ0n) is 22.6. The van der Waals surface area contributed by atoms with Gasteiger partial charge in [0.25, 0.3) is 0 Å². The first-order chi connectivity index (χ1) is 19.2. The maximum Gasteiger partial charge on any atom is 0.303 e. The van der Waals surface area contributed by atoms with Crippen molar-refractivity contribution in [3.8, 4) is 0 Å². The molecular formula is C31H33NO8. The zero-order valence-corrected chi connectivity index (χ0v) is 22.6. The van der Waals surface area contributed by atoms with Crippen LogP contribution in [0.4, 0.5) is 0 Å². The van der Waals surface area contributed by atoms with Crippen molar-refractivity contribution in [3.63, 3.8) is 0 Å². The lowest BCUT2D eigenvalue weighted by atomic mass is 9.80. The molecule has 0 spiro atoms. The van der Waals surface area contributed by atoms with E-state index >= 15 is 0 Å². The largest absolute Gasteiger partial charge is 0.456 e. The maximum absolute atomic E-state index is 12.2. The number of benzene rings is 3. The Labute approximate surface area is 233 Å². The van der Waals surface area contributed by atoms with Crippen LogP contribution in [0.2, 0.25) is 0 Å². The van der Waals surface area contributed by atoms with Gasteiger partial charge in [0, 0.05) is 20.8 Å². The van der Waals surface area contributed by atoms with Gasteiger partial charge in [-0.25, -0.2) is 0 Å². The minimum atomic E-state index is -1.58. The van der Waals surface area contributed by atoms with Gasteiger partial charge in [0.1, 0.15) is 17.7 Å². The quantitative estimate of drug-likeness (QED) is 0.310. The van der Waals surface area contributed by atoms with Crippen molar-refractivity contribution in [1.29, 1.82) is 0 Å². The van der Waals surface area contributed by atoms with Gasteiger partial charge in [0.05, 0.1) is 6.61 Å². The molecule has 3 aromatic rings. The fourth-order valence-corrected chi connectivity index (χ4v) is 5.08. The normalized spacial score (nSPS) is 22.6. The molecule has 0 saturated carbocycles. The standard InChI is InChI=1S/C31H33NO8/c1-20(33)32-27-29(39-22(3)35)28(38-21(2)34)26(40-30(27)36)19-37-31(23-13-7-4-8-14-23,24-15-9-5-10-16-24)25-17-11-6-12-18-25/h4-18,26-30,36H,19H2,1-3H3,(H,32,33)/t26-,27+,28-,29-,30+/m1/s1. The molecule has 9 nitrogen and oxygen atoms in total. The molecule has 0 bridgehead atoms. The van der Waals surface area contributed by atoms with Crippen molar-refractivity contribution in [3.05, 3.63) is 108 Å². The number of aliphatic hydroxyl groups is 1. The second kappa shape index (κ2) is 12.9. The zero-order chi connectivity index (χ0) is 28.7. The van der Waals surface area contributed by atoms with Crippen LogP contribution in [0.3, 0.4) is 0 Å². The molecular weight excluding hydrogens is 514 g/mol. The molecule has 3 aromatic carbocycles. The molecule has 40 heavy (non-hydrogen) atoms. The molecule has 9 heteroatoms. The number of carbonyl (C=O) groups excluding carboxylic acids is 3. The van der Waals surface area contributed by atoms with Crippen LogP contribution in [0.5, 0.6) is 0 Å². The summed E-state index contributed by atoms with van der Waals surface area (Å²) in [5, 5.41) is 13.4. The van der Waals surface area contributed by atoms with Gasteiger partial charge in [0.2, 0.25) is 5.91 Å². The summed E-state index contributed by atoms with van der Waals surface area (Å²) in [7, 11) is 0. The van der Waals surface area contributed by atoms with Crippen LogP contribution >= 0.6 is 0 Å². The number of nitrogens with one attached hydrogen (secondary N) is 1. The van der Waals surface area contributed by atoms with Gasteiger partial charge in [-0.1, -0.05) is 91.0 Å². The van der Waals surface area contributed by atoms with Crippen molar-refractivity contribution in [1.82, 2.24) is 5.32 Å².